The SMILES string of the molecule is Cn1cncc1COc1ccc(Cl)cc1. The molecule has 1 aromatic heterocycles. The van der Waals surface area contributed by atoms with Crippen LogP contribution >= 0.6 is 11.6 Å². The topological polar surface area (TPSA) is 27.1 Å². The molecule has 78 valence electrons. The summed E-state index contributed by atoms with van der Waals surface area (Å²) in [6, 6.07) is 7.30. The van der Waals surface area contributed by atoms with Gasteiger partial charge in [-0.05, 0) is 24.3 Å². The molecule has 15 heavy (non-hydrogen) atoms. The Kier molecular flexibility index (Phi) is 2.92. The maximum Gasteiger partial charge on any atom is 0.130 e. The first-order chi connectivity index (χ1) is 7.25. The zero-order valence-corrected chi connectivity index (χ0v) is 9.11. The van der Waals surface area contributed by atoms with Gasteiger partial charge in [-0.25, -0.2) is 4.98 Å². The Labute approximate surface area is 93.3 Å². The molecular weight excluding hydrogens is 212 g/mol. The summed E-state index contributed by atoms with van der Waals surface area (Å²) in [5, 5.41) is 0.711. The van der Waals surface area contributed by atoms with Gasteiger partial charge in [0.1, 0.15) is 12.4 Å². The summed E-state index contributed by atoms with van der Waals surface area (Å²) >= 11 is 5.77. The second-order valence-electron chi connectivity index (χ2n) is 3.24. The number of nitrogens with zero attached hydrogens (tertiary/aromatic N) is 2. The number of benzene rings is 1. The fourth-order valence-corrected chi connectivity index (χ4v) is 1.34. The minimum absolute atomic E-state index is 0.512. The molecule has 0 radical (unpaired) electrons. The van der Waals surface area contributed by atoms with Crippen LogP contribution in [-0.4, -0.2) is 9.55 Å². The van der Waals surface area contributed by atoms with Crippen LogP contribution in [0.3, 0.4) is 0 Å². The van der Waals surface area contributed by atoms with E-state index in [1.165, 1.54) is 0 Å². The number of imidazole rings is 1. The molecule has 0 aliphatic rings. The molecule has 0 spiro atoms. The van der Waals surface area contributed by atoms with Crippen molar-refractivity contribution in [2.24, 2.45) is 7.05 Å². The average Bonchev–Trinajstić information content (AvgIpc) is 2.63. The first-order valence-electron chi connectivity index (χ1n) is 4.59. The first kappa shape index (κ1) is 10.1. The number of rotatable bonds is 3. The summed E-state index contributed by atoms with van der Waals surface area (Å²) in [6.45, 7) is 0.512. The van der Waals surface area contributed by atoms with Crippen LogP contribution in [-0.2, 0) is 13.7 Å². The highest BCUT2D eigenvalue weighted by molar-refractivity contribution is 6.30. The summed E-state index contributed by atoms with van der Waals surface area (Å²) in [5.74, 6) is 0.806. The molecular formula is C11H11ClN2O. The molecule has 0 N–H and O–H groups in total. The van der Waals surface area contributed by atoms with Crippen LogP contribution in [0.15, 0.2) is 36.8 Å². The van der Waals surface area contributed by atoms with Crippen LogP contribution in [0.4, 0.5) is 0 Å². The lowest BCUT2D eigenvalue weighted by Gasteiger charge is -2.06. The van der Waals surface area contributed by atoms with Crippen LogP contribution in [0.5, 0.6) is 5.75 Å². The third-order valence-electron chi connectivity index (χ3n) is 2.12. The lowest BCUT2D eigenvalue weighted by Crippen LogP contribution is -2.00. The Bertz CT molecular complexity index is 436. The van der Waals surface area contributed by atoms with Crippen LogP contribution in [0.1, 0.15) is 5.69 Å². The average molecular weight is 223 g/mol. The van der Waals surface area contributed by atoms with E-state index >= 15 is 0 Å². The molecule has 0 fully saturated rings. The Balaban J connectivity index is 1.99. The van der Waals surface area contributed by atoms with Crippen molar-refractivity contribution in [3.63, 3.8) is 0 Å². The predicted octanol–water partition coefficient (Wildman–Crippen LogP) is 2.65. The van der Waals surface area contributed by atoms with Crippen molar-refractivity contribution < 1.29 is 4.74 Å². The van der Waals surface area contributed by atoms with Gasteiger partial charge in [-0.2, -0.15) is 0 Å². The molecule has 0 bridgehead atoms. The molecule has 0 atom stereocenters. The molecule has 1 heterocycles. The van der Waals surface area contributed by atoms with Gasteiger partial charge in [0.05, 0.1) is 18.2 Å². The minimum Gasteiger partial charge on any atom is -0.487 e. The number of aryl methyl sites for hydroxylation is 1. The highest BCUT2D eigenvalue weighted by atomic mass is 35.5. The minimum atomic E-state index is 0.512. The molecule has 2 rings (SSSR count). The molecule has 3 nitrogen and oxygen atoms in total. The summed E-state index contributed by atoms with van der Waals surface area (Å²) < 4.78 is 7.49. The van der Waals surface area contributed by atoms with Crippen molar-refractivity contribution in [2.45, 2.75) is 6.61 Å². The van der Waals surface area contributed by atoms with Gasteiger partial charge in [-0.1, -0.05) is 11.6 Å². The molecule has 0 amide bonds. The van der Waals surface area contributed by atoms with E-state index in [1.807, 2.05) is 23.7 Å². The second kappa shape index (κ2) is 4.36. The van der Waals surface area contributed by atoms with E-state index in [0.29, 0.717) is 11.6 Å². The number of aromatic nitrogens is 2. The Morgan fingerprint density at radius 1 is 1.33 bits per heavy atom. The molecule has 1 aromatic carbocycles. The summed E-state index contributed by atoms with van der Waals surface area (Å²) in [7, 11) is 1.94. The molecule has 0 aliphatic heterocycles. The Hall–Kier alpha value is -1.48. The highest BCUT2D eigenvalue weighted by Crippen LogP contribution is 2.16. The fourth-order valence-electron chi connectivity index (χ4n) is 1.21. The van der Waals surface area contributed by atoms with Crippen LogP contribution in [0, 0.1) is 0 Å². The molecule has 0 saturated carbocycles. The van der Waals surface area contributed by atoms with Crippen molar-refractivity contribution in [1.82, 2.24) is 9.55 Å². The van der Waals surface area contributed by atoms with E-state index in [0.717, 1.165) is 11.4 Å². The predicted molar refractivity (Wildman–Crippen MR) is 59.0 cm³/mol. The van der Waals surface area contributed by atoms with E-state index in [2.05, 4.69) is 4.98 Å². The first-order valence-corrected chi connectivity index (χ1v) is 4.97. The van der Waals surface area contributed by atoms with E-state index in [-0.39, 0.29) is 0 Å². The number of ether oxygens (including phenoxy) is 1. The third kappa shape index (κ3) is 2.50. The monoisotopic (exact) mass is 222 g/mol. The smallest absolute Gasteiger partial charge is 0.130 e. The maximum absolute atomic E-state index is 5.77. The van der Waals surface area contributed by atoms with Crippen molar-refractivity contribution in [1.29, 1.82) is 0 Å². The number of halogens is 1. The zero-order valence-electron chi connectivity index (χ0n) is 8.35. The normalized spacial score (nSPS) is 10.3. The second-order valence-corrected chi connectivity index (χ2v) is 3.67. The number of hydrogen-bond acceptors (Lipinski definition) is 2. The lowest BCUT2D eigenvalue weighted by molar-refractivity contribution is 0.297. The molecule has 4 heteroatoms. The van der Waals surface area contributed by atoms with Crippen LogP contribution < -0.4 is 4.74 Å². The largest absolute Gasteiger partial charge is 0.487 e. The third-order valence-corrected chi connectivity index (χ3v) is 2.37. The summed E-state index contributed by atoms with van der Waals surface area (Å²) in [6.07, 6.45) is 3.54. The van der Waals surface area contributed by atoms with Gasteiger partial charge in [-0.15, -0.1) is 0 Å². The van der Waals surface area contributed by atoms with Gasteiger partial charge in [0.2, 0.25) is 0 Å². The maximum atomic E-state index is 5.77. The highest BCUT2D eigenvalue weighted by Gasteiger charge is 1.99. The van der Waals surface area contributed by atoms with Crippen LogP contribution in [0.2, 0.25) is 5.02 Å². The standard InChI is InChI=1S/C11H11ClN2O/c1-14-8-13-6-10(14)7-15-11-4-2-9(12)3-5-11/h2-6,8H,7H2,1H3. The molecule has 0 saturated heterocycles. The summed E-state index contributed by atoms with van der Waals surface area (Å²) in [4.78, 5) is 4.01. The van der Waals surface area contributed by atoms with Gasteiger partial charge in [0, 0.05) is 12.1 Å². The number of hydrogen-bond donors (Lipinski definition) is 0. The van der Waals surface area contributed by atoms with E-state index in [4.69, 9.17) is 16.3 Å². The summed E-state index contributed by atoms with van der Waals surface area (Å²) in [5.41, 5.74) is 1.03. The fraction of sp³-hybridized carbons (Fsp3) is 0.182. The van der Waals surface area contributed by atoms with E-state index in [1.54, 1.807) is 24.7 Å². The molecule has 0 unspecified atom stereocenters. The Morgan fingerprint density at radius 3 is 2.67 bits per heavy atom. The zero-order chi connectivity index (χ0) is 10.7. The van der Waals surface area contributed by atoms with Gasteiger partial charge >= 0.3 is 0 Å². The van der Waals surface area contributed by atoms with Gasteiger partial charge in [0.15, 0.2) is 0 Å². The van der Waals surface area contributed by atoms with Gasteiger partial charge in [-0.3, -0.25) is 0 Å². The van der Waals surface area contributed by atoms with Crippen molar-refractivity contribution in [3.8, 4) is 5.75 Å². The van der Waals surface area contributed by atoms with E-state index < -0.39 is 0 Å². The van der Waals surface area contributed by atoms with Crippen molar-refractivity contribution in [3.05, 3.63) is 47.5 Å². The molecule has 2 aromatic rings. The molecule has 0 aliphatic carbocycles. The Morgan fingerprint density at radius 2 is 2.07 bits per heavy atom. The van der Waals surface area contributed by atoms with E-state index in [9.17, 15) is 0 Å². The van der Waals surface area contributed by atoms with Crippen molar-refractivity contribution >= 4 is 11.6 Å². The van der Waals surface area contributed by atoms with Gasteiger partial charge < -0.3 is 9.30 Å². The lowest BCUT2D eigenvalue weighted by atomic mass is 10.3. The van der Waals surface area contributed by atoms with Gasteiger partial charge in [0.25, 0.3) is 0 Å². The van der Waals surface area contributed by atoms with Crippen LogP contribution in [0.25, 0.3) is 0 Å². The quantitative estimate of drug-likeness (QED) is 0.799. The van der Waals surface area contributed by atoms with Crippen molar-refractivity contribution in [2.75, 3.05) is 0 Å².